The van der Waals surface area contributed by atoms with Crippen LogP contribution in [0.25, 0.3) is 0 Å². The molecule has 0 aromatic carbocycles. The highest BCUT2D eigenvalue weighted by atomic mass is 16.5. The molecular formula is C25H50O4. The Morgan fingerprint density at radius 1 is 0.621 bits per heavy atom. The lowest BCUT2D eigenvalue weighted by molar-refractivity contribution is -0.215. The van der Waals surface area contributed by atoms with Gasteiger partial charge in [0.1, 0.15) is 5.92 Å². The van der Waals surface area contributed by atoms with Gasteiger partial charge in [-0.1, -0.05) is 123 Å². The monoisotopic (exact) mass is 414 g/mol. The van der Waals surface area contributed by atoms with Crippen molar-refractivity contribution in [2.24, 2.45) is 5.92 Å². The number of unbranched alkanes of at least 4 members (excludes halogenated alkanes) is 16. The number of carboxylic acid groups (broad SMARTS) is 1. The van der Waals surface area contributed by atoms with Crippen LogP contribution in [0.4, 0.5) is 0 Å². The summed E-state index contributed by atoms with van der Waals surface area (Å²) in [4.78, 5) is 11.2. The number of rotatable bonds is 22. The highest BCUT2D eigenvalue weighted by Gasteiger charge is 2.38. The summed E-state index contributed by atoms with van der Waals surface area (Å²) >= 11 is 0. The van der Waals surface area contributed by atoms with Gasteiger partial charge in [-0.05, 0) is 12.8 Å². The number of hydrogen-bond donors (Lipinski definition) is 3. The maximum atomic E-state index is 11.2. The molecule has 174 valence electrons. The zero-order valence-electron chi connectivity index (χ0n) is 19.5. The van der Waals surface area contributed by atoms with E-state index in [9.17, 15) is 15.0 Å². The Morgan fingerprint density at radius 3 is 1.28 bits per heavy atom. The summed E-state index contributed by atoms with van der Waals surface area (Å²) < 4.78 is 0. The van der Waals surface area contributed by atoms with Crippen molar-refractivity contribution in [3.8, 4) is 0 Å². The van der Waals surface area contributed by atoms with Gasteiger partial charge in [0.25, 0.3) is 0 Å². The van der Waals surface area contributed by atoms with Crippen molar-refractivity contribution in [2.75, 3.05) is 0 Å². The summed E-state index contributed by atoms with van der Waals surface area (Å²) in [6, 6.07) is 0. The fourth-order valence-electron chi connectivity index (χ4n) is 4.13. The first-order chi connectivity index (χ1) is 14.0. The van der Waals surface area contributed by atoms with Gasteiger partial charge in [-0.2, -0.15) is 0 Å². The molecule has 0 heterocycles. The second kappa shape index (κ2) is 19.4. The van der Waals surface area contributed by atoms with Crippen LogP contribution in [0.15, 0.2) is 0 Å². The van der Waals surface area contributed by atoms with E-state index in [1.165, 1.54) is 89.9 Å². The Hall–Kier alpha value is -0.610. The Kier molecular flexibility index (Phi) is 19.0. The van der Waals surface area contributed by atoms with Crippen LogP contribution >= 0.6 is 0 Å². The zero-order valence-corrected chi connectivity index (χ0v) is 19.5. The molecule has 1 atom stereocenters. The molecule has 0 rings (SSSR count). The highest BCUT2D eigenvalue weighted by molar-refractivity contribution is 5.71. The van der Waals surface area contributed by atoms with Crippen molar-refractivity contribution < 1.29 is 20.1 Å². The molecule has 0 radical (unpaired) electrons. The Morgan fingerprint density at radius 2 is 0.966 bits per heavy atom. The molecule has 0 fully saturated rings. The average Bonchev–Trinajstić information content (AvgIpc) is 2.68. The molecule has 4 heteroatoms. The van der Waals surface area contributed by atoms with Gasteiger partial charge in [0.15, 0.2) is 5.79 Å². The number of aliphatic carboxylic acids is 1. The van der Waals surface area contributed by atoms with Crippen LogP contribution in [0.1, 0.15) is 142 Å². The van der Waals surface area contributed by atoms with Gasteiger partial charge in [0.05, 0.1) is 0 Å². The molecule has 0 aliphatic heterocycles. The van der Waals surface area contributed by atoms with Crippen LogP contribution in [0.3, 0.4) is 0 Å². The third-order valence-electron chi connectivity index (χ3n) is 6.08. The van der Waals surface area contributed by atoms with Gasteiger partial charge in [0.2, 0.25) is 0 Å². The minimum Gasteiger partial charge on any atom is -0.481 e. The molecule has 0 bridgehead atoms. The predicted octanol–water partition coefficient (Wildman–Crippen LogP) is 7.21. The van der Waals surface area contributed by atoms with Gasteiger partial charge in [-0.25, -0.2) is 0 Å². The summed E-state index contributed by atoms with van der Waals surface area (Å²) in [6.07, 6.45) is 22.9. The average molecular weight is 415 g/mol. The molecule has 0 amide bonds. The Bertz CT molecular complexity index is 368. The number of carbonyl (C=O) groups is 1. The van der Waals surface area contributed by atoms with Crippen LogP contribution in [0, 0.1) is 5.92 Å². The number of aliphatic hydroxyl groups is 2. The molecule has 0 saturated heterocycles. The van der Waals surface area contributed by atoms with Gasteiger partial charge < -0.3 is 15.3 Å². The lowest BCUT2D eigenvalue weighted by Gasteiger charge is -2.28. The predicted molar refractivity (Wildman–Crippen MR) is 122 cm³/mol. The topological polar surface area (TPSA) is 77.8 Å². The van der Waals surface area contributed by atoms with Crippen LogP contribution in [0.2, 0.25) is 0 Å². The summed E-state index contributed by atoms with van der Waals surface area (Å²) in [6.45, 7) is 4.13. The summed E-state index contributed by atoms with van der Waals surface area (Å²) in [5.74, 6) is -4.26. The van der Waals surface area contributed by atoms with E-state index in [2.05, 4.69) is 6.92 Å². The van der Waals surface area contributed by atoms with Crippen molar-refractivity contribution >= 4 is 5.97 Å². The van der Waals surface area contributed by atoms with Gasteiger partial charge >= 0.3 is 5.97 Å². The SMILES string of the molecule is CCCCCCCCCCCCCCCCCCCC(O)(O)C(CCC)C(=O)O. The fraction of sp³-hybridized carbons (Fsp3) is 0.960. The minimum atomic E-state index is -2.07. The van der Waals surface area contributed by atoms with E-state index in [0.717, 1.165) is 12.8 Å². The lowest BCUT2D eigenvalue weighted by atomic mass is 9.89. The number of hydrogen-bond acceptors (Lipinski definition) is 3. The van der Waals surface area contributed by atoms with E-state index in [0.29, 0.717) is 19.3 Å². The van der Waals surface area contributed by atoms with E-state index in [-0.39, 0.29) is 6.42 Å². The van der Waals surface area contributed by atoms with E-state index >= 15 is 0 Å². The molecule has 0 aromatic heterocycles. The fourth-order valence-corrected chi connectivity index (χ4v) is 4.13. The van der Waals surface area contributed by atoms with Crippen molar-refractivity contribution in [2.45, 2.75) is 148 Å². The normalized spacial score (nSPS) is 13.0. The van der Waals surface area contributed by atoms with Crippen LogP contribution < -0.4 is 0 Å². The summed E-state index contributed by atoms with van der Waals surface area (Å²) in [7, 11) is 0. The first kappa shape index (κ1) is 28.4. The van der Waals surface area contributed by atoms with Crippen LogP contribution in [-0.4, -0.2) is 27.1 Å². The minimum absolute atomic E-state index is 0.155. The summed E-state index contributed by atoms with van der Waals surface area (Å²) in [5, 5.41) is 29.3. The van der Waals surface area contributed by atoms with E-state index in [4.69, 9.17) is 5.11 Å². The highest BCUT2D eigenvalue weighted by Crippen LogP contribution is 2.26. The molecule has 0 aliphatic rings. The first-order valence-corrected chi connectivity index (χ1v) is 12.6. The third kappa shape index (κ3) is 16.8. The molecule has 0 aliphatic carbocycles. The summed E-state index contributed by atoms with van der Waals surface area (Å²) in [5.41, 5.74) is 0. The van der Waals surface area contributed by atoms with Gasteiger partial charge in [0, 0.05) is 6.42 Å². The van der Waals surface area contributed by atoms with Crippen molar-refractivity contribution in [1.82, 2.24) is 0 Å². The molecule has 0 aromatic rings. The van der Waals surface area contributed by atoms with Crippen molar-refractivity contribution in [3.63, 3.8) is 0 Å². The maximum Gasteiger partial charge on any atom is 0.311 e. The molecular weight excluding hydrogens is 364 g/mol. The van der Waals surface area contributed by atoms with Crippen molar-refractivity contribution in [1.29, 1.82) is 0 Å². The molecule has 0 spiro atoms. The Balaban J connectivity index is 3.42. The largest absolute Gasteiger partial charge is 0.481 e. The third-order valence-corrected chi connectivity index (χ3v) is 6.08. The molecule has 1 unspecified atom stereocenters. The quantitative estimate of drug-likeness (QED) is 0.129. The van der Waals surface area contributed by atoms with Crippen molar-refractivity contribution in [3.05, 3.63) is 0 Å². The molecule has 4 nitrogen and oxygen atoms in total. The molecule has 29 heavy (non-hydrogen) atoms. The second-order valence-corrected chi connectivity index (χ2v) is 8.96. The number of carboxylic acids is 1. The van der Waals surface area contributed by atoms with Crippen LogP contribution in [0.5, 0.6) is 0 Å². The molecule has 3 N–H and O–H groups in total. The van der Waals surface area contributed by atoms with E-state index in [1.54, 1.807) is 0 Å². The Labute approximate surface area is 180 Å². The molecule has 0 saturated carbocycles. The first-order valence-electron chi connectivity index (χ1n) is 12.6. The zero-order chi connectivity index (χ0) is 21.8. The maximum absolute atomic E-state index is 11.2. The smallest absolute Gasteiger partial charge is 0.311 e. The second-order valence-electron chi connectivity index (χ2n) is 8.96. The standard InChI is InChI=1S/C25H50O4/c1-3-5-6-7-8-9-10-11-12-13-14-15-16-17-18-19-20-22-25(28,29)23(21-4-2)24(26)27/h23,28-29H,3-22H2,1-2H3,(H,26,27). The van der Waals surface area contributed by atoms with E-state index < -0.39 is 17.7 Å². The lowest BCUT2D eigenvalue weighted by Crippen LogP contribution is -2.42. The van der Waals surface area contributed by atoms with Gasteiger partial charge in [-0.3, -0.25) is 4.79 Å². The van der Waals surface area contributed by atoms with Crippen LogP contribution in [-0.2, 0) is 4.79 Å². The van der Waals surface area contributed by atoms with E-state index in [1.807, 2.05) is 6.92 Å². The van der Waals surface area contributed by atoms with Gasteiger partial charge in [-0.15, -0.1) is 0 Å².